The molecule has 2 N–H and O–H groups in total. The first kappa shape index (κ1) is 12.9. The lowest BCUT2D eigenvalue weighted by Crippen LogP contribution is -2.47. The lowest BCUT2D eigenvalue weighted by molar-refractivity contribution is 0.0849. The standard InChI is InChI=1S/C12H25NO2/c1-4-15-8-11(9(2)3)13-10-6-5-7-12(10)14/h9-14H,4-8H2,1-3H3. The Morgan fingerprint density at radius 3 is 2.60 bits per heavy atom. The van der Waals surface area contributed by atoms with Gasteiger partial charge in [0.1, 0.15) is 0 Å². The van der Waals surface area contributed by atoms with E-state index >= 15 is 0 Å². The normalized spacial score (nSPS) is 28.6. The molecular weight excluding hydrogens is 190 g/mol. The highest BCUT2D eigenvalue weighted by Crippen LogP contribution is 2.20. The zero-order valence-corrected chi connectivity index (χ0v) is 10.2. The van der Waals surface area contributed by atoms with Gasteiger partial charge in [0.05, 0.1) is 12.7 Å². The summed E-state index contributed by atoms with van der Waals surface area (Å²) in [6.07, 6.45) is 3.01. The molecule has 0 amide bonds. The third-order valence-corrected chi connectivity index (χ3v) is 3.21. The van der Waals surface area contributed by atoms with Crippen LogP contribution in [-0.2, 0) is 4.74 Å². The van der Waals surface area contributed by atoms with Crippen molar-refractivity contribution in [3.63, 3.8) is 0 Å². The van der Waals surface area contributed by atoms with E-state index in [-0.39, 0.29) is 12.1 Å². The smallest absolute Gasteiger partial charge is 0.0693 e. The summed E-state index contributed by atoms with van der Waals surface area (Å²) in [6, 6.07) is 0.639. The number of aliphatic hydroxyl groups is 1. The molecule has 1 rings (SSSR count). The number of hydrogen-bond acceptors (Lipinski definition) is 3. The van der Waals surface area contributed by atoms with Crippen LogP contribution in [0.1, 0.15) is 40.0 Å². The van der Waals surface area contributed by atoms with E-state index in [1.165, 1.54) is 0 Å². The van der Waals surface area contributed by atoms with Gasteiger partial charge in [0, 0.05) is 18.7 Å². The molecule has 0 heterocycles. The van der Waals surface area contributed by atoms with Gasteiger partial charge in [0.25, 0.3) is 0 Å². The molecular formula is C12H25NO2. The average molecular weight is 215 g/mol. The summed E-state index contributed by atoms with van der Waals surface area (Å²) in [5, 5.41) is 13.3. The molecule has 1 aliphatic carbocycles. The highest BCUT2D eigenvalue weighted by Gasteiger charge is 2.28. The summed E-state index contributed by atoms with van der Waals surface area (Å²) in [4.78, 5) is 0. The minimum absolute atomic E-state index is 0.159. The van der Waals surface area contributed by atoms with Crippen molar-refractivity contribution in [1.29, 1.82) is 0 Å². The summed E-state index contributed by atoms with van der Waals surface area (Å²) < 4.78 is 5.46. The number of rotatable bonds is 6. The van der Waals surface area contributed by atoms with Crippen LogP contribution in [-0.4, -0.2) is 36.5 Å². The van der Waals surface area contributed by atoms with Crippen molar-refractivity contribution in [2.45, 2.75) is 58.2 Å². The number of hydrogen-bond donors (Lipinski definition) is 2. The van der Waals surface area contributed by atoms with Gasteiger partial charge in [-0.15, -0.1) is 0 Å². The molecule has 3 unspecified atom stereocenters. The third kappa shape index (κ3) is 4.09. The lowest BCUT2D eigenvalue weighted by Gasteiger charge is -2.27. The van der Waals surface area contributed by atoms with Crippen LogP contribution in [0.5, 0.6) is 0 Å². The quantitative estimate of drug-likeness (QED) is 0.706. The summed E-state index contributed by atoms with van der Waals surface area (Å²) in [5.41, 5.74) is 0. The molecule has 3 atom stereocenters. The Bertz CT molecular complexity index is 173. The van der Waals surface area contributed by atoms with Gasteiger partial charge >= 0.3 is 0 Å². The first-order chi connectivity index (χ1) is 7.15. The maximum Gasteiger partial charge on any atom is 0.0693 e. The van der Waals surface area contributed by atoms with E-state index in [0.717, 1.165) is 32.5 Å². The molecule has 0 aromatic heterocycles. The second kappa shape index (κ2) is 6.46. The van der Waals surface area contributed by atoms with Gasteiger partial charge in [-0.1, -0.05) is 13.8 Å². The minimum atomic E-state index is -0.159. The summed E-state index contributed by atoms with van der Waals surface area (Å²) in [6.45, 7) is 7.91. The van der Waals surface area contributed by atoms with E-state index in [1.807, 2.05) is 6.92 Å². The predicted molar refractivity (Wildman–Crippen MR) is 61.9 cm³/mol. The Hall–Kier alpha value is -0.120. The van der Waals surface area contributed by atoms with Crippen molar-refractivity contribution in [2.24, 2.45) is 5.92 Å². The van der Waals surface area contributed by atoms with Crippen LogP contribution in [0.3, 0.4) is 0 Å². The Morgan fingerprint density at radius 2 is 2.13 bits per heavy atom. The monoisotopic (exact) mass is 215 g/mol. The highest BCUT2D eigenvalue weighted by atomic mass is 16.5. The van der Waals surface area contributed by atoms with E-state index < -0.39 is 0 Å². The molecule has 0 aromatic carbocycles. The molecule has 0 bridgehead atoms. The van der Waals surface area contributed by atoms with Crippen LogP contribution in [0.25, 0.3) is 0 Å². The zero-order valence-electron chi connectivity index (χ0n) is 10.2. The van der Waals surface area contributed by atoms with E-state index in [2.05, 4.69) is 19.2 Å². The molecule has 1 fully saturated rings. The minimum Gasteiger partial charge on any atom is -0.392 e. The summed E-state index contributed by atoms with van der Waals surface area (Å²) in [5.74, 6) is 0.546. The van der Waals surface area contributed by atoms with Crippen LogP contribution in [0.2, 0.25) is 0 Å². The van der Waals surface area contributed by atoms with Crippen LogP contribution in [0.4, 0.5) is 0 Å². The van der Waals surface area contributed by atoms with Crippen molar-refractivity contribution in [2.75, 3.05) is 13.2 Å². The molecule has 0 radical (unpaired) electrons. The SMILES string of the molecule is CCOCC(NC1CCCC1O)C(C)C. The fourth-order valence-corrected chi connectivity index (χ4v) is 2.09. The largest absolute Gasteiger partial charge is 0.392 e. The third-order valence-electron chi connectivity index (χ3n) is 3.21. The fourth-order valence-electron chi connectivity index (χ4n) is 2.09. The molecule has 0 aromatic rings. The van der Waals surface area contributed by atoms with Crippen LogP contribution in [0.15, 0.2) is 0 Å². The van der Waals surface area contributed by atoms with Gasteiger partial charge in [-0.25, -0.2) is 0 Å². The summed E-state index contributed by atoms with van der Waals surface area (Å²) >= 11 is 0. The molecule has 15 heavy (non-hydrogen) atoms. The second-order valence-corrected chi connectivity index (χ2v) is 4.78. The highest BCUT2D eigenvalue weighted by molar-refractivity contribution is 4.86. The molecule has 0 aliphatic heterocycles. The second-order valence-electron chi connectivity index (χ2n) is 4.78. The van der Waals surface area contributed by atoms with E-state index in [9.17, 15) is 5.11 Å². The fraction of sp³-hybridized carbons (Fsp3) is 1.00. The van der Waals surface area contributed by atoms with E-state index in [1.54, 1.807) is 0 Å². The number of nitrogens with one attached hydrogen (secondary N) is 1. The number of aliphatic hydroxyl groups excluding tert-OH is 1. The maximum atomic E-state index is 9.74. The van der Waals surface area contributed by atoms with Gasteiger partial charge in [0.15, 0.2) is 0 Å². The number of ether oxygens (including phenoxy) is 1. The Morgan fingerprint density at radius 1 is 1.40 bits per heavy atom. The van der Waals surface area contributed by atoms with Crippen LogP contribution in [0, 0.1) is 5.92 Å². The molecule has 90 valence electrons. The summed E-state index contributed by atoms with van der Waals surface area (Å²) in [7, 11) is 0. The van der Waals surface area contributed by atoms with E-state index in [0.29, 0.717) is 12.0 Å². The molecule has 3 nitrogen and oxygen atoms in total. The van der Waals surface area contributed by atoms with Crippen LogP contribution >= 0.6 is 0 Å². The van der Waals surface area contributed by atoms with E-state index in [4.69, 9.17) is 4.74 Å². The van der Waals surface area contributed by atoms with Crippen molar-refractivity contribution in [3.8, 4) is 0 Å². The molecule has 0 spiro atoms. The zero-order chi connectivity index (χ0) is 11.3. The Kier molecular flexibility index (Phi) is 5.58. The molecule has 1 saturated carbocycles. The first-order valence-corrected chi connectivity index (χ1v) is 6.17. The van der Waals surface area contributed by atoms with Crippen LogP contribution < -0.4 is 5.32 Å². The topological polar surface area (TPSA) is 41.5 Å². The maximum absolute atomic E-state index is 9.74. The molecule has 0 saturated heterocycles. The van der Waals surface area contributed by atoms with Gasteiger partial charge in [0.2, 0.25) is 0 Å². The molecule has 1 aliphatic rings. The Labute approximate surface area is 93.2 Å². The van der Waals surface area contributed by atoms with Crippen molar-refractivity contribution >= 4 is 0 Å². The Balaban J connectivity index is 2.35. The van der Waals surface area contributed by atoms with Gasteiger partial charge < -0.3 is 15.2 Å². The first-order valence-electron chi connectivity index (χ1n) is 6.17. The average Bonchev–Trinajstić information content (AvgIpc) is 2.58. The van der Waals surface area contributed by atoms with Crippen molar-refractivity contribution in [1.82, 2.24) is 5.32 Å². The van der Waals surface area contributed by atoms with Crippen molar-refractivity contribution < 1.29 is 9.84 Å². The molecule has 3 heteroatoms. The lowest BCUT2D eigenvalue weighted by atomic mass is 10.0. The predicted octanol–water partition coefficient (Wildman–Crippen LogP) is 1.55. The van der Waals surface area contributed by atoms with Crippen molar-refractivity contribution in [3.05, 3.63) is 0 Å². The van der Waals surface area contributed by atoms with Gasteiger partial charge in [-0.05, 0) is 32.1 Å². The van der Waals surface area contributed by atoms with Gasteiger partial charge in [-0.3, -0.25) is 0 Å². The van der Waals surface area contributed by atoms with Gasteiger partial charge in [-0.2, -0.15) is 0 Å².